The lowest BCUT2D eigenvalue weighted by Gasteiger charge is -2.07. The lowest BCUT2D eigenvalue weighted by molar-refractivity contribution is 0.581. The zero-order chi connectivity index (χ0) is 13.3. The summed E-state index contributed by atoms with van der Waals surface area (Å²) in [7, 11) is -3.43. The second-order valence-corrected chi connectivity index (χ2v) is 7.00. The molecule has 0 aliphatic carbocycles. The van der Waals surface area contributed by atoms with Crippen molar-refractivity contribution >= 4 is 27.0 Å². The second kappa shape index (κ2) is 4.96. The van der Waals surface area contributed by atoms with Crippen LogP contribution in [0.4, 0.5) is 5.69 Å². The highest BCUT2D eigenvalue weighted by Gasteiger charge is 2.17. The average Bonchev–Trinajstić information content (AvgIpc) is 3.06. The van der Waals surface area contributed by atoms with Crippen LogP contribution in [0.3, 0.4) is 0 Å². The molecule has 0 radical (unpaired) electrons. The lowest BCUT2D eigenvalue weighted by Crippen LogP contribution is -2.23. The van der Waals surface area contributed by atoms with Crippen molar-refractivity contribution in [3.05, 3.63) is 46.2 Å². The van der Waals surface area contributed by atoms with Gasteiger partial charge in [0.15, 0.2) is 0 Å². The molecule has 0 saturated carbocycles. The van der Waals surface area contributed by atoms with Crippen LogP contribution in [0.15, 0.2) is 39.9 Å². The van der Waals surface area contributed by atoms with E-state index in [-0.39, 0.29) is 0 Å². The number of rotatable bonds is 4. The molecule has 19 heavy (non-hydrogen) atoms. The molecule has 0 amide bonds. The molecule has 0 spiro atoms. The van der Waals surface area contributed by atoms with Crippen molar-refractivity contribution in [1.82, 2.24) is 4.72 Å². The minimum atomic E-state index is -3.43. The molecule has 4 nitrogen and oxygen atoms in total. The van der Waals surface area contributed by atoms with E-state index in [2.05, 4.69) is 10.0 Å². The molecule has 0 fully saturated rings. The molecule has 1 aliphatic rings. The molecule has 0 bridgehead atoms. The minimum absolute atomic E-state index is 0.334. The third kappa shape index (κ3) is 2.65. The van der Waals surface area contributed by atoms with E-state index in [0.717, 1.165) is 29.8 Å². The van der Waals surface area contributed by atoms with E-state index < -0.39 is 10.0 Å². The Balaban J connectivity index is 1.80. The summed E-state index contributed by atoms with van der Waals surface area (Å²) in [5, 5.41) is 7.09. The Morgan fingerprint density at radius 3 is 3.00 bits per heavy atom. The third-order valence-electron chi connectivity index (χ3n) is 3.14. The largest absolute Gasteiger partial charge is 0.384 e. The van der Waals surface area contributed by atoms with Crippen molar-refractivity contribution in [2.45, 2.75) is 17.9 Å². The molecular weight excluding hydrogens is 280 g/mol. The third-order valence-corrected chi connectivity index (χ3v) is 5.27. The van der Waals surface area contributed by atoms with E-state index >= 15 is 0 Å². The molecule has 2 N–H and O–H groups in total. The number of benzene rings is 1. The maximum Gasteiger partial charge on any atom is 0.240 e. The topological polar surface area (TPSA) is 58.2 Å². The predicted molar refractivity (Wildman–Crippen MR) is 77.0 cm³/mol. The SMILES string of the molecule is O=S(=O)(NCc1ccsc1)c1ccc2c(c1)CCN2. The molecular formula is C13H14N2O2S2. The summed E-state index contributed by atoms with van der Waals surface area (Å²) in [6.45, 7) is 1.21. The van der Waals surface area contributed by atoms with Crippen molar-refractivity contribution in [3.63, 3.8) is 0 Å². The van der Waals surface area contributed by atoms with Gasteiger partial charge in [0, 0.05) is 18.8 Å². The summed E-state index contributed by atoms with van der Waals surface area (Å²) in [6.07, 6.45) is 0.878. The van der Waals surface area contributed by atoms with Gasteiger partial charge in [0.05, 0.1) is 4.90 Å². The van der Waals surface area contributed by atoms with Gasteiger partial charge in [-0.25, -0.2) is 13.1 Å². The molecule has 2 aromatic rings. The first-order valence-electron chi connectivity index (χ1n) is 6.03. The van der Waals surface area contributed by atoms with Crippen molar-refractivity contribution in [2.75, 3.05) is 11.9 Å². The van der Waals surface area contributed by atoms with Crippen LogP contribution in [0.1, 0.15) is 11.1 Å². The zero-order valence-corrected chi connectivity index (χ0v) is 11.9. The normalized spacial score (nSPS) is 14.1. The van der Waals surface area contributed by atoms with E-state index in [1.165, 1.54) is 0 Å². The molecule has 6 heteroatoms. The fraction of sp³-hybridized carbons (Fsp3) is 0.231. The highest BCUT2D eigenvalue weighted by Crippen LogP contribution is 2.25. The summed E-state index contributed by atoms with van der Waals surface area (Å²) < 4.78 is 27.0. The molecule has 1 aromatic carbocycles. The van der Waals surface area contributed by atoms with Gasteiger partial charge >= 0.3 is 0 Å². The molecule has 0 saturated heterocycles. The van der Waals surface area contributed by atoms with Crippen LogP contribution >= 0.6 is 11.3 Å². The van der Waals surface area contributed by atoms with Crippen LogP contribution in [0.2, 0.25) is 0 Å². The Labute approximate surface area is 116 Å². The Morgan fingerprint density at radius 2 is 2.21 bits per heavy atom. The first kappa shape index (κ1) is 12.7. The minimum Gasteiger partial charge on any atom is -0.384 e. The molecule has 2 heterocycles. The summed E-state index contributed by atoms with van der Waals surface area (Å²) >= 11 is 1.56. The number of sulfonamides is 1. The molecule has 3 rings (SSSR count). The van der Waals surface area contributed by atoms with Gasteiger partial charge in [-0.2, -0.15) is 11.3 Å². The fourth-order valence-electron chi connectivity index (χ4n) is 2.10. The van der Waals surface area contributed by atoms with Gasteiger partial charge < -0.3 is 5.32 Å². The predicted octanol–water partition coefficient (Wildman–Crippen LogP) is 2.19. The summed E-state index contributed by atoms with van der Waals surface area (Å²) in [4.78, 5) is 0.338. The van der Waals surface area contributed by atoms with Crippen molar-refractivity contribution in [2.24, 2.45) is 0 Å². The molecule has 1 aromatic heterocycles. The van der Waals surface area contributed by atoms with Gasteiger partial charge in [0.25, 0.3) is 0 Å². The summed E-state index contributed by atoms with van der Waals surface area (Å²) in [5.41, 5.74) is 3.09. The first-order chi connectivity index (χ1) is 9.15. The van der Waals surface area contributed by atoms with Gasteiger partial charge in [-0.1, -0.05) is 0 Å². The summed E-state index contributed by atoms with van der Waals surface area (Å²) in [6, 6.07) is 7.15. The average molecular weight is 294 g/mol. The number of nitrogens with one attached hydrogen (secondary N) is 2. The second-order valence-electron chi connectivity index (χ2n) is 4.45. The van der Waals surface area contributed by atoms with E-state index in [1.807, 2.05) is 22.9 Å². The molecule has 1 aliphatic heterocycles. The monoisotopic (exact) mass is 294 g/mol. The highest BCUT2D eigenvalue weighted by molar-refractivity contribution is 7.89. The van der Waals surface area contributed by atoms with Gasteiger partial charge in [0.1, 0.15) is 0 Å². The number of fused-ring (bicyclic) bond motifs is 1. The van der Waals surface area contributed by atoms with E-state index in [9.17, 15) is 8.42 Å². The Kier molecular flexibility index (Phi) is 3.30. The van der Waals surface area contributed by atoms with Gasteiger partial charge in [-0.05, 0) is 52.6 Å². The maximum absolute atomic E-state index is 12.2. The zero-order valence-electron chi connectivity index (χ0n) is 10.2. The lowest BCUT2D eigenvalue weighted by atomic mass is 10.2. The smallest absolute Gasteiger partial charge is 0.240 e. The number of hydrogen-bond donors (Lipinski definition) is 2. The van der Waals surface area contributed by atoms with Crippen molar-refractivity contribution in [1.29, 1.82) is 0 Å². The molecule has 0 atom stereocenters. The molecule has 100 valence electrons. The van der Waals surface area contributed by atoms with Gasteiger partial charge in [0.2, 0.25) is 10.0 Å². The first-order valence-corrected chi connectivity index (χ1v) is 8.45. The van der Waals surface area contributed by atoms with Crippen LogP contribution in [0.5, 0.6) is 0 Å². The Morgan fingerprint density at radius 1 is 1.32 bits per heavy atom. The fourth-order valence-corrected chi connectivity index (χ4v) is 3.84. The van der Waals surface area contributed by atoms with E-state index in [0.29, 0.717) is 11.4 Å². The Bertz CT molecular complexity index is 679. The van der Waals surface area contributed by atoms with Crippen LogP contribution in [-0.2, 0) is 23.0 Å². The quantitative estimate of drug-likeness (QED) is 0.909. The van der Waals surface area contributed by atoms with E-state index in [1.54, 1.807) is 23.5 Å². The van der Waals surface area contributed by atoms with Crippen LogP contribution < -0.4 is 10.0 Å². The maximum atomic E-state index is 12.2. The highest BCUT2D eigenvalue weighted by atomic mass is 32.2. The van der Waals surface area contributed by atoms with Crippen LogP contribution in [0, 0.1) is 0 Å². The van der Waals surface area contributed by atoms with Crippen LogP contribution in [-0.4, -0.2) is 15.0 Å². The van der Waals surface area contributed by atoms with E-state index in [4.69, 9.17) is 0 Å². The van der Waals surface area contributed by atoms with Crippen molar-refractivity contribution in [3.8, 4) is 0 Å². The number of hydrogen-bond acceptors (Lipinski definition) is 4. The van der Waals surface area contributed by atoms with Crippen molar-refractivity contribution < 1.29 is 8.42 Å². The van der Waals surface area contributed by atoms with Gasteiger partial charge in [-0.3, -0.25) is 0 Å². The molecule has 0 unspecified atom stereocenters. The van der Waals surface area contributed by atoms with Crippen LogP contribution in [0.25, 0.3) is 0 Å². The van der Waals surface area contributed by atoms with Gasteiger partial charge in [-0.15, -0.1) is 0 Å². The number of thiophene rings is 1. The number of anilines is 1. The summed E-state index contributed by atoms with van der Waals surface area (Å²) in [5.74, 6) is 0. The Hall–Kier alpha value is -1.37. The standard InChI is InChI=1S/C13H14N2O2S2/c16-19(17,15-8-10-4-6-18-9-10)12-1-2-13-11(7-12)3-5-14-13/h1-2,4,6-7,9,14-15H,3,5,8H2.